The summed E-state index contributed by atoms with van der Waals surface area (Å²) in [6.45, 7) is 0.236. The van der Waals surface area contributed by atoms with E-state index in [1.54, 1.807) is 24.3 Å². The van der Waals surface area contributed by atoms with Crippen molar-refractivity contribution < 1.29 is 32.0 Å². The lowest BCUT2D eigenvalue weighted by atomic mass is 10.2. The van der Waals surface area contributed by atoms with Gasteiger partial charge in [-0.3, -0.25) is 4.79 Å². The predicted molar refractivity (Wildman–Crippen MR) is 74.8 cm³/mol. The molecule has 9 heteroatoms. The molecular weight excluding hydrogens is 329 g/mol. The first kappa shape index (κ1) is 16.2. The molecular formula is C15H13F3N2O4. The molecule has 1 atom stereocenters. The second kappa shape index (κ2) is 6.06. The molecule has 2 heterocycles. The van der Waals surface area contributed by atoms with Crippen LogP contribution in [0.2, 0.25) is 0 Å². The van der Waals surface area contributed by atoms with Crippen molar-refractivity contribution in [3.63, 3.8) is 0 Å². The fourth-order valence-electron chi connectivity index (χ4n) is 2.34. The summed E-state index contributed by atoms with van der Waals surface area (Å²) < 4.78 is 53.9. The molecule has 0 bridgehead atoms. The highest BCUT2D eigenvalue weighted by atomic mass is 19.4. The van der Waals surface area contributed by atoms with Crippen molar-refractivity contribution in [3.05, 3.63) is 41.8 Å². The van der Waals surface area contributed by atoms with Crippen LogP contribution in [0.4, 0.5) is 13.2 Å². The first-order valence-electron chi connectivity index (χ1n) is 7.02. The molecule has 0 radical (unpaired) electrons. The molecule has 1 amide bonds. The Morgan fingerprint density at radius 3 is 2.75 bits per heavy atom. The van der Waals surface area contributed by atoms with Gasteiger partial charge in [-0.1, -0.05) is 17.3 Å². The fourth-order valence-corrected chi connectivity index (χ4v) is 2.34. The van der Waals surface area contributed by atoms with Crippen LogP contribution in [0.25, 0.3) is 0 Å². The third kappa shape index (κ3) is 3.15. The maximum Gasteiger partial charge on any atom is 0.437 e. The lowest BCUT2D eigenvalue weighted by Crippen LogP contribution is -2.42. The van der Waals surface area contributed by atoms with Gasteiger partial charge in [0.1, 0.15) is 18.4 Å². The van der Waals surface area contributed by atoms with E-state index in [1.165, 1.54) is 7.05 Å². The molecule has 1 unspecified atom stereocenters. The topological polar surface area (TPSA) is 64.8 Å². The van der Waals surface area contributed by atoms with Gasteiger partial charge < -0.3 is 18.9 Å². The normalized spacial score (nSPS) is 16.8. The van der Waals surface area contributed by atoms with E-state index in [4.69, 9.17) is 9.47 Å². The molecule has 0 aliphatic carbocycles. The summed E-state index contributed by atoms with van der Waals surface area (Å²) in [6.07, 6.45) is -4.57. The number of likely N-dealkylation sites (N-methyl/N-ethyl adjacent to an activating group) is 1. The lowest BCUT2D eigenvalue weighted by molar-refractivity contribution is -0.143. The van der Waals surface area contributed by atoms with Gasteiger partial charge in [-0.25, -0.2) is 0 Å². The van der Waals surface area contributed by atoms with Crippen molar-refractivity contribution >= 4 is 5.91 Å². The number of amides is 1. The first-order chi connectivity index (χ1) is 11.4. The zero-order chi connectivity index (χ0) is 17.3. The van der Waals surface area contributed by atoms with E-state index < -0.39 is 29.4 Å². The number of carbonyl (C=O) groups is 1. The number of rotatable bonds is 3. The van der Waals surface area contributed by atoms with Gasteiger partial charge in [0, 0.05) is 7.05 Å². The molecule has 0 N–H and O–H groups in total. The lowest BCUT2D eigenvalue weighted by Gasteiger charge is -2.29. The summed E-state index contributed by atoms with van der Waals surface area (Å²) in [5, 5.41) is 2.86. The molecule has 6 nitrogen and oxygen atoms in total. The summed E-state index contributed by atoms with van der Waals surface area (Å²) in [4.78, 5) is 13.3. The van der Waals surface area contributed by atoms with E-state index in [2.05, 4.69) is 9.68 Å². The number of carbonyl (C=O) groups excluding carboxylic acids is 1. The zero-order valence-corrected chi connectivity index (χ0v) is 12.5. The SMILES string of the molecule is CN(CC1COc2ccccc2O1)C(=O)c1conc1C(F)(F)F. The number of alkyl halides is 3. The van der Waals surface area contributed by atoms with Crippen LogP contribution in [0.15, 0.2) is 35.1 Å². The molecule has 0 spiro atoms. The third-order valence-corrected chi connectivity index (χ3v) is 3.46. The molecule has 1 aromatic carbocycles. The largest absolute Gasteiger partial charge is 0.486 e. The van der Waals surface area contributed by atoms with Gasteiger partial charge in [-0.15, -0.1) is 0 Å². The summed E-state index contributed by atoms with van der Waals surface area (Å²) in [6, 6.07) is 7.02. The van der Waals surface area contributed by atoms with Gasteiger partial charge >= 0.3 is 6.18 Å². The Kier molecular flexibility index (Phi) is 4.08. The van der Waals surface area contributed by atoms with Crippen molar-refractivity contribution in [2.45, 2.75) is 12.3 Å². The first-order valence-corrected chi connectivity index (χ1v) is 7.02. The van der Waals surface area contributed by atoms with Gasteiger partial charge in [0.2, 0.25) is 0 Å². The van der Waals surface area contributed by atoms with Crippen LogP contribution < -0.4 is 9.47 Å². The Morgan fingerprint density at radius 1 is 1.33 bits per heavy atom. The van der Waals surface area contributed by atoms with Gasteiger partial charge in [0.05, 0.1) is 6.54 Å². The van der Waals surface area contributed by atoms with Gasteiger partial charge in [0.15, 0.2) is 23.3 Å². The van der Waals surface area contributed by atoms with E-state index in [1.807, 2.05) is 0 Å². The van der Waals surface area contributed by atoms with Gasteiger partial charge in [0.25, 0.3) is 5.91 Å². The van der Waals surface area contributed by atoms with Crippen molar-refractivity contribution in [2.24, 2.45) is 0 Å². The highest BCUT2D eigenvalue weighted by Crippen LogP contribution is 2.32. The quantitative estimate of drug-likeness (QED) is 0.858. The minimum Gasteiger partial charge on any atom is -0.486 e. The second-order valence-corrected chi connectivity index (χ2v) is 5.26. The molecule has 0 saturated carbocycles. The van der Waals surface area contributed by atoms with E-state index in [9.17, 15) is 18.0 Å². The fraction of sp³-hybridized carbons (Fsp3) is 0.333. The summed E-state index contributed by atoms with van der Waals surface area (Å²) >= 11 is 0. The maximum absolute atomic E-state index is 12.8. The summed E-state index contributed by atoms with van der Waals surface area (Å²) in [5.74, 6) is 0.253. The molecule has 1 aliphatic rings. The Bertz CT molecular complexity index is 744. The van der Waals surface area contributed by atoms with Crippen LogP contribution >= 0.6 is 0 Å². The van der Waals surface area contributed by atoms with E-state index in [0.29, 0.717) is 17.8 Å². The van der Waals surface area contributed by atoms with Crippen LogP contribution in [0, 0.1) is 0 Å². The number of ether oxygens (including phenoxy) is 2. The van der Waals surface area contributed by atoms with E-state index in [0.717, 1.165) is 4.90 Å². The molecule has 24 heavy (non-hydrogen) atoms. The zero-order valence-electron chi connectivity index (χ0n) is 12.5. The Morgan fingerprint density at radius 2 is 2.04 bits per heavy atom. The minimum atomic E-state index is -4.76. The molecule has 0 saturated heterocycles. The smallest absolute Gasteiger partial charge is 0.437 e. The van der Waals surface area contributed by atoms with Crippen molar-refractivity contribution in [1.29, 1.82) is 0 Å². The number of hydrogen-bond donors (Lipinski definition) is 0. The van der Waals surface area contributed by atoms with Crippen LogP contribution in [0.5, 0.6) is 11.5 Å². The molecule has 2 aromatic rings. The van der Waals surface area contributed by atoms with Crippen LogP contribution in [0.1, 0.15) is 16.1 Å². The van der Waals surface area contributed by atoms with E-state index >= 15 is 0 Å². The molecule has 1 aromatic heterocycles. The van der Waals surface area contributed by atoms with Gasteiger partial charge in [-0.2, -0.15) is 13.2 Å². The number of para-hydroxylation sites is 2. The number of aromatic nitrogens is 1. The number of fused-ring (bicyclic) bond motifs is 1. The highest BCUT2D eigenvalue weighted by Gasteiger charge is 2.40. The predicted octanol–water partition coefficient (Wildman–Crippen LogP) is 2.61. The Labute approximate surface area is 134 Å². The number of nitrogens with zero attached hydrogens (tertiary/aromatic N) is 2. The van der Waals surface area contributed by atoms with Crippen molar-refractivity contribution in [2.75, 3.05) is 20.2 Å². The monoisotopic (exact) mass is 342 g/mol. The number of hydrogen-bond acceptors (Lipinski definition) is 5. The average molecular weight is 342 g/mol. The van der Waals surface area contributed by atoms with Crippen LogP contribution in [-0.4, -0.2) is 42.3 Å². The second-order valence-electron chi connectivity index (χ2n) is 5.26. The minimum absolute atomic E-state index is 0.0512. The Hall–Kier alpha value is -2.71. The van der Waals surface area contributed by atoms with Crippen molar-refractivity contribution in [3.8, 4) is 11.5 Å². The van der Waals surface area contributed by atoms with Gasteiger partial charge in [-0.05, 0) is 12.1 Å². The number of benzene rings is 1. The summed E-state index contributed by atoms with van der Waals surface area (Å²) in [5.41, 5.74) is -1.98. The Balaban J connectivity index is 1.69. The third-order valence-electron chi connectivity index (χ3n) is 3.46. The molecule has 0 fully saturated rings. The summed E-state index contributed by atoms with van der Waals surface area (Å²) in [7, 11) is 1.37. The molecule has 3 rings (SSSR count). The number of halogens is 3. The molecule has 1 aliphatic heterocycles. The molecule has 128 valence electrons. The highest BCUT2D eigenvalue weighted by molar-refractivity contribution is 5.94. The van der Waals surface area contributed by atoms with Crippen LogP contribution in [-0.2, 0) is 6.18 Å². The average Bonchev–Trinajstić information content (AvgIpc) is 3.04. The van der Waals surface area contributed by atoms with E-state index in [-0.39, 0.29) is 13.2 Å². The van der Waals surface area contributed by atoms with Crippen LogP contribution in [0.3, 0.4) is 0 Å². The maximum atomic E-state index is 12.8. The van der Waals surface area contributed by atoms with Crippen molar-refractivity contribution in [1.82, 2.24) is 10.1 Å². The standard InChI is InChI=1S/C15H13F3N2O4/c1-20(14(21)10-8-23-19-13(10)15(16,17)18)6-9-7-22-11-4-2-3-5-12(11)24-9/h2-5,8-9H,6-7H2,1H3.